The molecule has 0 saturated heterocycles. The topological polar surface area (TPSA) is 35.0 Å². The van der Waals surface area contributed by atoms with Crippen molar-refractivity contribution in [2.45, 2.75) is 5.88 Å². The van der Waals surface area contributed by atoms with Crippen LogP contribution in [0.1, 0.15) is 5.56 Å². The summed E-state index contributed by atoms with van der Waals surface area (Å²) >= 11 is 9.31. The van der Waals surface area contributed by atoms with Gasteiger partial charge in [0.05, 0.1) is 11.4 Å². The Balaban J connectivity index is 2.05. The van der Waals surface area contributed by atoms with Gasteiger partial charge in [0.1, 0.15) is 5.75 Å². The van der Waals surface area contributed by atoms with Crippen molar-refractivity contribution in [2.75, 3.05) is 0 Å². The summed E-state index contributed by atoms with van der Waals surface area (Å²) in [5.41, 5.74) is 1.72. The van der Waals surface area contributed by atoms with Crippen LogP contribution in [0.15, 0.2) is 53.3 Å². The number of rotatable bonds is 3. The van der Waals surface area contributed by atoms with Gasteiger partial charge in [0.15, 0.2) is 0 Å². The highest BCUT2D eigenvalue weighted by Crippen LogP contribution is 2.31. The highest BCUT2D eigenvalue weighted by Gasteiger charge is 2.09. The fourth-order valence-corrected chi connectivity index (χ4v) is 2.49. The van der Waals surface area contributed by atoms with Crippen LogP contribution in [0.3, 0.4) is 0 Å². The van der Waals surface area contributed by atoms with Gasteiger partial charge in [0.2, 0.25) is 5.88 Å². The van der Waals surface area contributed by atoms with Crippen LogP contribution < -0.4 is 4.74 Å². The summed E-state index contributed by atoms with van der Waals surface area (Å²) in [5, 5.41) is 0.945. The third-order valence-corrected chi connectivity index (χ3v) is 3.57. The lowest BCUT2D eigenvalue weighted by Crippen LogP contribution is -1.94. The minimum absolute atomic E-state index is 0.338. The normalized spacial score (nSPS) is 10.7. The fraction of sp³-hybridized carbons (Fsp3) is 0.0667. The molecule has 1 aromatic carbocycles. The molecule has 0 aliphatic carbocycles. The van der Waals surface area contributed by atoms with Gasteiger partial charge in [-0.15, -0.1) is 11.6 Å². The molecule has 100 valence electrons. The molecule has 0 atom stereocenters. The average Bonchev–Trinajstić information content (AvgIpc) is 2.49. The second kappa shape index (κ2) is 5.77. The number of pyridine rings is 2. The minimum atomic E-state index is 0.338. The summed E-state index contributed by atoms with van der Waals surface area (Å²) in [4.78, 5) is 8.58. The van der Waals surface area contributed by atoms with Crippen molar-refractivity contribution in [1.29, 1.82) is 0 Å². The van der Waals surface area contributed by atoms with E-state index in [4.69, 9.17) is 16.3 Å². The lowest BCUT2D eigenvalue weighted by molar-refractivity contribution is 0.463. The molecule has 3 rings (SSSR count). The predicted molar refractivity (Wildman–Crippen MR) is 83.3 cm³/mol. The van der Waals surface area contributed by atoms with E-state index in [2.05, 4.69) is 25.9 Å². The van der Waals surface area contributed by atoms with Crippen LogP contribution in [0.4, 0.5) is 0 Å². The number of ether oxygens (including phenoxy) is 1. The number of benzene rings is 1. The molecule has 5 heteroatoms. The first kappa shape index (κ1) is 13.3. The van der Waals surface area contributed by atoms with E-state index in [1.807, 2.05) is 36.4 Å². The summed E-state index contributed by atoms with van der Waals surface area (Å²) in [6.07, 6.45) is 3.45. The second-order valence-electron chi connectivity index (χ2n) is 4.18. The molecule has 3 aromatic rings. The number of alkyl halides is 1. The van der Waals surface area contributed by atoms with Gasteiger partial charge in [0, 0.05) is 27.8 Å². The summed E-state index contributed by atoms with van der Waals surface area (Å²) in [7, 11) is 0. The van der Waals surface area contributed by atoms with Crippen molar-refractivity contribution in [2.24, 2.45) is 0 Å². The summed E-state index contributed by atoms with van der Waals surface area (Å²) in [6, 6.07) is 11.5. The van der Waals surface area contributed by atoms with E-state index in [1.165, 1.54) is 0 Å². The van der Waals surface area contributed by atoms with Gasteiger partial charge < -0.3 is 4.74 Å². The van der Waals surface area contributed by atoms with Crippen LogP contribution in [0.2, 0.25) is 0 Å². The molecule has 20 heavy (non-hydrogen) atoms. The van der Waals surface area contributed by atoms with Crippen LogP contribution in [0, 0.1) is 0 Å². The zero-order valence-electron chi connectivity index (χ0n) is 10.4. The molecule has 0 spiro atoms. The standard InChI is InChI=1S/C15H10BrClN2O/c16-11-7-10(8-17)15(19-9-11)20-14-5-1-4-13-12(14)3-2-6-18-13/h1-7,9H,8H2. The molecule has 0 amide bonds. The molecular weight excluding hydrogens is 340 g/mol. The molecule has 2 heterocycles. The second-order valence-corrected chi connectivity index (χ2v) is 5.36. The maximum Gasteiger partial charge on any atom is 0.223 e. The van der Waals surface area contributed by atoms with Crippen molar-refractivity contribution in [3.63, 3.8) is 0 Å². The van der Waals surface area contributed by atoms with Crippen molar-refractivity contribution in [1.82, 2.24) is 9.97 Å². The first-order valence-electron chi connectivity index (χ1n) is 6.00. The minimum Gasteiger partial charge on any atom is -0.438 e. The number of halogens is 2. The molecule has 2 aromatic heterocycles. The van der Waals surface area contributed by atoms with E-state index in [9.17, 15) is 0 Å². The molecule has 0 fully saturated rings. The first-order chi connectivity index (χ1) is 9.78. The zero-order valence-corrected chi connectivity index (χ0v) is 12.7. The SMILES string of the molecule is ClCc1cc(Br)cnc1Oc1cccc2ncccc12. The highest BCUT2D eigenvalue weighted by atomic mass is 79.9. The molecule has 0 aliphatic heterocycles. The van der Waals surface area contributed by atoms with Crippen molar-refractivity contribution < 1.29 is 4.74 Å². The molecule has 0 aliphatic rings. The average molecular weight is 350 g/mol. The maximum atomic E-state index is 5.94. The zero-order chi connectivity index (χ0) is 13.9. The number of fused-ring (bicyclic) bond motifs is 1. The number of aromatic nitrogens is 2. The van der Waals surface area contributed by atoms with Gasteiger partial charge in [-0.1, -0.05) is 6.07 Å². The molecule has 0 N–H and O–H groups in total. The third-order valence-electron chi connectivity index (χ3n) is 2.85. The Morgan fingerprint density at radius 3 is 2.90 bits per heavy atom. The Bertz CT molecular complexity index is 758. The number of hydrogen-bond acceptors (Lipinski definition) is 3. The number of hydrogen-bond donors (Lipinski definition) is 0. The number of nitrogens with zero attached hydrogens (tertiary/aromatic N) is 2. The molecule has 3 nitrogen and oxygen atoms in total. The highest BCUT2D eigenvalue weighted by molar-refractivity contribution is 9.10. The van der Waals surface area contributed by atoms with E-state index in [0.717, 1.165) is 26.7 Å². The third kappa shape index (κ3) is 2.62. The van der Waals surface area contributed by atoms with Crippen molar-refractivity contribution in [3.8, 4) is 11.6 Å². The monoisotopic (exact) mass is 348 g/mol. The van der Waals surface area contributed by atoms with Gasteiger partial charge in [0.25, 0.3) is 0 Å². The van der Waals surface area contributed by atoms with E-state index in [1.54, 1.807) is 12.4 Å². The van der Waals surface area contributed by atoms with Gasteiger partial charge in [-0.2, -0.15) is 0 Å². The molecule has 0 saturated carbocycles. The van der Waals surface area contributed by atoms with Crippen LogP contribution in [-0.4, -0.2) is 9.97 Å². The molecule has 0 bridgehead atoms. The summed E-state index contributed by atoms with van der Waals surface area (Å²) in [5.74, 6) is 1.57. The van der Waals surface area contributed by atoms with Gasteiger partial charge in [-0.3, -0.25) is 4.98 Å². The fourth-order valence-electron chi connectivity index (χ4n) is 1.92. The molecule has 0 unspecified atom stereocenters. The van der Waals surface area contributed by atoms with Gasteiger partial charge in [-0.25, -0.2) is 4.98 Å². The molecular formula is C15H10BrClN2O. The lowest BCUT2D eigenvalue weighted by Gasteiger charge is -2.10. The van der Waals surface area contributed by atoms with E-state index in [-0.39, 0.29) is 0 Å². The predicted octanol–water partition coefficient (Wildman–Crippen LogP) is 4.92. The Hall–Kier alpha value is -1.65. The first-order valence-corrected chi connectivity index (χ1v) is 7.32. The Labute approximate surface area is 129 Å². The van der Waals surface area contributed by atoms with E-state index >= 15 is 0 Å². The van der Waals surface area contributed by atoms with Gasteiger partial charge in [-0.05, 0) is 46.3 Å². The quantitative estimate of drug-likeness (QED) is 0.629. The van der Waals surface area contributed by atoms with Crippen LogP contribution >= 0.6 is 27.5 Å². The van der Waals surface area contributed by atoms with Gasteiger partial charge >= 0.3 is 0 Å². The Morgan fingerprint density at radius 2 is 2.05 bits per heavy atom. The Kier molecular flexibility index (Phi) is 3.85. The van der Waals surface area contributed by atoms with Crippen molar-refractivity contribution in [3.05, 3.63) is 58.8 Å². The van der Waals surface area contributed by atoms with Crippen LogP contribution in [0.5, 0.6) is 11.6 Å². The largest absolute Gasteiger partial charge is 0.438 e. The van der Waals surface area contributed by atoms with E-state index < -0.39 is 0 Å². The molecule has 0 radical (unpaired) electrons. The summed E-state index contributed by atoms with van der Waals surface area (Å²) < 4.78 is 6.79. The smallest absolute Gasteiger partial charge is 0.223 e. The van der Waals surface area contributed by atoms with Crippen LogP contribution in [0.25, 0.3) is 10.9 Å². The lowest BCUT2D eigenvalue weighted by atomic mass is 10.2. The van der Waals surface area contributed by atoms with Crippen molar-refractivity contribution >= 4 is 38.4 Å². The Morgan fingerprint density at radius 1 is 1.15 bits per heavy atom. The maximum absolute atomic E-state index is 5.94. The summed E-state index contributed by atoms with van der Waals surface area (Å²) in [6.45, 7) is 0. The van der Waals surface area contributed by atoms with E-state index in [0.29, 0.717) is 11.8 Å². The van der Waals surface area contributed by atoms with Crippen LogP contribution in [-0.2, 0) is 5.88 Å².